The van der Waals surface area contributed by atoms with Crippen LogP contribution in [0.4, 0.5) is 13.2 Å². The zero-order valence-corrected chi connectivity index (χ0v) is 9.70. The summed E-state index contributed by atoms with van der Waals surface area (Å²) in [6, 6.07) is 3.02. The topological polar surface area (TPSA) is 56.7 Å². The summed E-state index contributed by atoms with van der Waals surface area (Å²) in [7, 11) is 0. The fourth-order valence-electron chi connectivity index (χ4n) is 1.38. The first-order valence-electron chi connectivity index (χ1n) is 4.90. The molecule has 2 rings (SSSR count). The van der Waals surface area contributed by atoms with E-state index in [0.29, 0.717) is 11.4 Å². The predicted octanol–water partition coefficient (Wildman–Crippen LogP) is 2.40. The smallest absolute Gasteiger partial charge is 0.325 e. The molecule has 96 valence electrons. The molecule has 0 saturated carbocycles. The van der Waals surface area contributed by atoms with Crippen LogP contribution in [-0.4, -0.2) is 15.0 Å². The molecule has 0 aliphatic carbocycles. The summed E-state index contributed by atoms with van der Waals surface area (Å²) < 4.78 is 38.6. The van der Waals surface area contributed by atoms with Crippen molar-refractivity contribution in [3.8, 4) is 5.69 Å². The minimum absolute atomic E-state index is 0.0571. The number of benzene rings is 1. The van der Waals surface area contributed by atoms with Gasteiger partial charge in [-0.3, -0.25) is 0 Å². The molecule has 0 aliphatic heterocycles. The number of nitrogens with two attached hydrogens (primary N) is 1. The molecule has 0 saturated heterocycles. The van der Waals surface area contributed by atoms with Crippen molar-refractivity contribution >= 4 is 11.6 Å². The summed E-state index contributed by atoms with van der Waals surface area (Å²) in [5.41, 5.74) is 5.39. The number of aromatic nitrogens is 3. The highest BCUT2D eigenvalue weighted by Crippen LogP contribution is 2.32. The molecule has 4 nitrogen and oxygen atoms in total. The second kappa shape index (κ2) is 4.58. The minimum Gasteiger partial charge on any atom is -0.325 e. The van der Waals surface area contributed by atoms with Crippen LogP contribution in [0.1, 0.15) is 11.3 Å². The molecule has 1 aromatic heterocycles. The number of hydrogen-bond donors (Lipinski definition) is 1. The molecule has 1 heterocycles. The Morgan fingerprint density at radius 3 is 2.56 bits per heavy atom. The molecule has 0 bridgehead atoms. The SMILES string of the molecule is NCc1cn(-c2ccc(C(F)(F)F)cc2Cl)nn1. The number of alkyl halides is 3. The number of halogens is 4. The maximum absolute atomic E-state index is 12.5. The first kappa shape index (κ1) is 12.8. The van der Waals surface area contributed by atoms with Crippen LogP contribution in [0.2, 0.25) is 5.02 Å². The third kappa shape index (κ3) is 2.46. The van der Waals surface area contributed by atoms with Crippen LogP contribution in [0.25, 0.3) is 5.69 Å². The summed E-state index contributed by atoms with van der Waals surface area (Å²) in [4.78, 5) is 0. The van der Waals surface area contributed by atoms with Crippen molar-refractivity contribution in [3.63, 3.8) is 0 Å². The van der Waals surface area contributed by atoms with E-state index >= 15 is 0 Å². The van der Waals surface area contributed by atoms with Crippen LogP contribution in [-0.2, 0) is 12.7 Å². The van der Waals surface area contributed by atoms with E-state index < -0.39 is 11.7 Å². The molecule has 0 fully saturated rings. The van der Waals surface area contributed by atoms with Gasteiger partial charge < -0.3 is 5.73 Å². The van der Waals surface area contributed by atoms with Crippen LogP contribution in [0.15, 0.2) is 24.4 Å². The van der Waals surface area contributed by atoms with Gasteiger partial charge in [0.2, 0.25) is 0 Å². The van der Waals surface area contributed by atoms with Gasteiger partial charge in [-0.15, -0.1) is 5.10 Å². The fourth-order valence-corrected chi connectivity index (χ4v) is 1.65. The van der Waals surface area contributed by atoms with Gasteiger partial charge in [-0.1, -0.05) is 16.8 Å². The Balaban J connectivity index is 2.41. The molecular weight excluding hydrogens is 269 g/mol. The molecule has 1 aromatic carbocycles. The summed E-state index contributed by atoms with van der Waals surface area (Å²) in [6.07, 6.45) is -2.92. The monoisotopic (exact) mass is 276 g/mol. The summed E-state index contributed by atoms with van der Waals surface area (Å²) in [6.45, 7) is 0.193. The zero-order chi connectivity index (χ0) is 13.3. The van der Waals surface area contributed by atoms with Gasteiger partial charge in [0.15, 0.2) is 0 Å². The van der Waals surface area contributed by atoms with E-state index in [1.54, 1.807) is 0 Å². The van der Waals surface area contributed by atoms with Crippen molar-refractivity contribution < 1.29 is 13.2 Å². The number of rotatable bonds is 2. The fraction of sp³-hybridized carbons (Fsp3) is 0.200. The molecule has 0 spiro atoms. The molecule has 0 aliphatic rings. The van der Waals surface area contributed by atoms with Gasteiger partial charge in [-0.05, 0) is 18.2 Å². The normalized spacial score (nSPS) is 11.8. The highest BCUT2D eigenvalue weighted by molar-refractivity contribution is 6.32. The van der Waals surface area contributed by atoms with Crippen molar-refractivity contribution in [3.05, 3.63) is 40.7 Å². The van der Waals surface area contributed by atoms with Crippen LogP contribution in [0, 0.1) is 0 Å². The lowest BCUT2D eigenvalue weighted by Gasteiger charge is -2.09. The second-order valence-electron chi connectivity index (χ2n) is 3.52. The first-order valence-corrected chi connectivity index (χ1v) is 5.28. The molecular formula is C10H8ClF3N4. The molecule has 18 heavy (non-hydrogen) atoms. The quantitative estimate of drug-likeness (QED) is 0.916. The van der Waals surface area contributed by atoms with Gasteiger partial charge >= 0.3 is 6.18 Å². The highest BCUT2D eigenvalue weighted by Gasteiger charge is 2.31. The number of hydrogen-bond acceptors (Lipinski definition) is 3. The van der Waals surface area contributed by atoms with Gasteiger partial charge in [0.1, 0.15) is 0 Å². The second-order valence-corrected chi connectivity index (χ2v) is 3.93. The van der Waals surface area contributed by atoms with E-state index in [2.05, 4.69) is 10.3 Å². The van der Waals surface area contributed by atoms with E-state index in [1.807, 2.05) is 0 Å². The van der Waals surface area contributed by atoms with Gasteiger partial charge in [-0.2, -0.15) is 13.2 Å². The zero-order valence-electron chi connectivity index (χ0n) is 8.95. The largest absolute Gasteiger partial charge is 0.416 e. The van der Waals surface area contributed by atoms with Gasteiger partial charge in [0.25, 0.3) is 0 Å². The van der Waals surface area contributed by atoms with Crippen LogP contribution >= 0.6 is 11.6 Å². The lowest BCUT2D eigenvalue weighted by molar-refractivity contribution is -0.137. The summed E-state index contributed by atoms with van der Waals surface area (Å²) in [5.74, 6) is 0. The first-order chi connectivity index (χ1) is 8.41. The van der Waals surface area contributed by atoms with Crippen molar-refractivity contribution in [2.75, 3.05) is 0 Å². The molecule has 0 amide bonds. The molecule has 8 heteroatoms. The van der Waals surface area contributed by atoms with Crippen molar-refractivity contribution in [1.29, 1.82) is 0 Å². The maximum Gasteiger partial charge on any atom is 0.416 e. The summed E-state index contributed by atoms with van der Waals surface area (Å²) in [5, 5.41) is 7.40. The van der Waals surface area contributed by atoms with Crippen molar-refractivity contribution in [2.45, 2.75) is 12.7 Å². The minimum atomic E-state index is -4.42. The molecule has 2 N–H and O–H groups in total. The van der Waals surface area contributed by atoms with E-state index in [9.17, 15) is 13.2 Å². The average molecular weight is 277 g/mol. The Bertz CT molecular complexity index is 564. The van der Waals surface area contributed by atoms with E-state index in [4.69, 9.17) is 17.3 Å². The van der Waals surface area contributed by atoms with Crippen LogP contribution in [0.5, 0.6) is 0 Å². The molecule has 0 unspecified atom stereocenters. The Hall–Kier alpha value is -1.60. The Morgan fingerprint density at radius 1 is 1.33 bits per heavy atom. The van der Waals surface area contributed by atoms with E-state index in [-0.39, 0.29) is 11.6 Å². The van der Waals surface area contributed by atoms with E-state index in [1.165, 1.54) is 16.9 Å². The third-order valence-electron chi connectivity index (χ3n) is 2.27. The Morgan fingerprint density at radius 2 is 2.06 bits per heavy atom. The predicted molar refractivity (Wildman–Crippen MR) is 59.3 cm³/mol. The summed E-state index contributed by atoms with van der Waals surface area (Å²) >= 11 is 5.80. The molecule has 0 atom stereocenters. The van der Waals surface area contributed by atoms with Gasteiger partial charge in [-0.25, -0.2) is 4.68 Å². The lowest BCUT2D eigenvalue weighted by atomic mass is 10.2. The highest BCUT2D eigenvalue weighted by atomic mass is 35.5. The molecule has 2 aromatic rings. The Kier molecular flexibility index (Phi) is 3.27. The van der Waals surface area contributed by atoms with E-state index in [0.717, 1.165) is 12.1 Å². The standard InChI is InChI=1S/C10H8ClF3N4/c11-8-3-6(10(12,13)14)1-2-9(8)18-5-7(4-15)16-17-18/h1-3,5H,4,15H2. The average Bonchev–Trinajstić information content (AvgIpc) is 2.76. The Labute approximate surface area is 105 Å². The van der Waals surface area contributed by atoms with Gasteiger partial charge in [0, 0.05) is 6.54 Å². The lowest BCUT2D eigenvalue weighted by Crippen LogP contribution is -2.06. The van der Waals surface area contributed by atoms with Gasteiger partial charge in [0.05, 0.1) is 28.2 Å². The number of nitrogens with zero attached hydrogens (tertiary/aromatic N) is 3. The van der Waals surface area contributed by atoms with Crippen LogP contribution < -0.4 is 5.73 Å². The van der Waals surface area contributed by atoms with Crippen molar-refractivity contribution in [1.82, 2.24) is 15.0 Å². The third-order valence-corrected chi connectivity index (χ3v) is 2.57. The molecule has 0 radical (unpaired) electrons. The van der Waals surface area contributed by atoms with Crippen molar-refractivity contribution in [2.24, 2.45) is 5.73 Å². The van der Waals surface area contributed by atoms with Crippen LogP contribution in [0.3, 0.4) is 0 Å². The maximum atomic E-state index is 12.5.